The van der Waals surface area contributed by atoms with Crippen LogP contribution in [0.3, 0.4) is 0 Å². The van der Waals surface area contributed by atoms with Gasteiger partial charge >= 0.3 is 6.09 Å². The molecule has 196 valence electrons. The lowest BCUT2D eigenvalue weighted by Gasteiger charge is -2.18. The Morgan fingerprint density at radius 3 is 2.24 bits per heavy atom. The van der Waals surface area contributed by atoms with Crippen LogP contribution in [0.15, 0.2) is 72.8 Å². The van der Waals surface area contributed by atoms with E-state index in [2.05, 4.69) is 15.4 Å². The summed E-state index contributed by atoms with van der Waals surface area (Å²) in [5.41, 5.74) is 2.26. The lowest BCUT2D eigenvalue weighted by molar-refractivity contribution is 0.0928. The fraction of sp³-hybridized carbons (Fsp3) is 0.143. The molecule has 2 N–H and O–H groups in total. The van der Waals surface area contributed by atoms with Gasteiger partial charge in [0.2, 0.25) is 0 Å². The number of hydrogen-bond acceptors (Lipinski definition) is 5. The van der Waals surface area contributed by atoms with Crippen LogP contribution in [0.1, 0.15) is 26.8 Å². The molecule has 6 nitrogen and oxygen atoms in total. The third kappa shape index (κ3) is 6.30. The SMILES string of the molecule is COC(=O)Nc1ccc(-c2cc([C@H](Cc3ccccc3)NC(=O)c3c(F)cc(OC)cc3F)sc2Cl)cc1. The Labute approximate surface area is 227 Å². The predicted molar refractivity (Wildman–Crippen MR) is 144 cm³/mol. The van der Waals surface area contributed by atoms with Gasteiger partial charge in [-0.1, -0.05) is 54.1 Å². The van der Waals surface area contributed by atoms with E-state index >= 15 is 0 Å². The van der Waals surface area contributed by atoms with Crippen molar-refractivity contribution >= 4 is 40.6 Å². The highest BCUT2D eigenvalue weighted by atomic mass is 35.5. The minimum absolute atomic E-state index is 0.0279. The van der Waals surface area contributed by atoms with Crippen molar-refractivity contribution in [3.8, 4) is 16.9 Å². The molecule has 0 radical (unpaired) electrons. The Bertz CT molecular complexity index is 1420. The van der Waals surface area contributed by atoms with Crippen LogP contribution < -0.4 is 15.4 Å². The number of halogens is 3. The van der Waals surface area contributed by atoms with Crippen LogP contribution in [0, 0.1) is 11.6 Å². The van der Waals surface area contributed by atoms with Crippen molar-refractivity contribution in [3.63, 3.8) is 0 Å². The van der Waals surface area contributed by atoms with E-state index in [4.69, 9.17) is 16.3 Å². The number of carbonyl (C=O) groups excluding carboxylic acids is 2. The maximum atomic E-state index is 14.6. The first-order chi connectivity index (χ1) is 18.3. The standard InChI is InChI=1S/C28H23ClF2N2O4S/c1-36-19-13-21(30)25(22(31)14-19)27(34)33-23(12-16-6-4-3-5-7-16)24-15-20(26(29)38-24)17-8-10-18(11-9-17)32-28(35)37-2/h3-11,13-15,23H,12H2,1-2H3,(H,32,35)(H,33,34)/t23-/m0/s1. The largest absolute Gasteiger partial charge is 0.497 e. The van der Waals surface area contributed by atoms with Crippen molar-refractivity contribution < 1.29 is 27.8 Å². The number of anilines is 1. The number of benzene rings is 3. The molecule has 0 saturated heterocycles. The molecule has 4 aromatic rings. The van der Waals surface area contributed by atoms with Gasteiger partial charge in [0.05, 0.1) is 20.3 Å². The summed E-state index contributed by atoms with van der Waals surface area (Å²) < 4.78 is 39.2. The van der Waals surface area contributed by atoms with E-state index in [1.165, 1.54) is 25.6 Å². The molecule has 3 aromatic carbocycles. The number of hydrogen-bond donors (Lipinski definition) is 2. The van der Waals surface area contributed by atoms with Crippen molar-refractivity contribution in [2.24, 2.45) is 0 Å². The Kier molecular flexibility index (Phi) is 8.60. The molecule has 1 aromatic heterocycles. The topological polar surface area (TPSA) is 76.7 Å². The zero-order valence-electron chi connectivity index (χ0n) is 20.4. The summed E-state index contributed by atoms with van der Waals surface area (Å²) in [6.45, 7) is 0. The van der Waals surface area contributed by atoms with E-state index in [9.17, 15) is 18.4 Å². The average Bonchev–Trinajstić information content (AvgIpc) is 3.30. The van der Waals surface area contributed by atoms with Crippen LogP contribution in [0.25, 0.3) is 11.1 Å². The number of methoxy groups -OCH3 is 2. The fourth-order valence-corrected chi connectivity index (χ4v) is 5.23. The second-order valence-electron chi connectivity index (χ2n) is 8.21. The number of amides is 2. The molecule has 2 amide bonds. The smallest absolute Gasteiger partial charge is 0.411 e. The lowest BCUT2D eigenvalue weighted by atomic mass is 10.0. The molecular weight excluding hydrogens is 534 g/mol. The van der Waals surface area contributed by atoms with Gasteiger partial charge in [0.1, 0.15) is 27.3 Å². The van der Waals surface area contributed by atoms with Crippen molar-refractivity contribution in [3.05, 3.63) is 105 Å². The van der Waals surface area contributed by atoms with Gasteiger partial charge in [0.15, 0.2) is 0 Å². The number of rotatable bonds is 8. The summed E-state index contributed by atoms with van der Waals surface area (Å²) in [4.78, 5) is 25.2. The average molecular weight is 557 g/mol. The Morgan fingerprint density at radius 2 is 1.63 bits per heavy atom. The van der Waals surface area contributed by atoms with Gasteiger partial charge in [-0.2, -0.15) is 0 Å². The van der Waals surface area contributed by atoms with Crippen LogP contribution in [0.2, 0.25) is 4.34 Å². The molecule has 38 heavy (non-hydrogen) atoms. The molecule has 0 unspecified atom stereocenters. The first-order valence-electron chi connectivity index (χ1n) is 11.4. The Balaban J connectivity index is 1.65. The van der Waals surface area contributed by atoms with E-state index in [-0.39, 0.29) is 5.75 Å². The number of nitrogens with one attached hydrogen (secondary N) is 2. The molecule has 0 aliphatic heterocycles. The summed E-state index contributed by atoms with van der Waals surface area (Å²) in [5, 5.41) is 5.36. The van der Waals surface area contributed by atoms with Gasteiger partial charge in [0, 0.05) is 28.3 Å². The third-order valence-electron chi connectivity index (χ3n) is 5.74. The molecule has 0 aliphatic carbocycles. The van der Waals surface area contributed by atoms with Gasteiger partial charge in [-0.25, -0.2) is 13.6 Å². The zero-order chi connectivity index (χ0) is 27.2. The van der Waals surface area contributed by atoms with Gasteiger partial charge in [-0.05, 0) is 35.7 Å². The Morgan fingerprint density at radius 1 is 0.974 bits per heavy atom. The van der Waals surface area contributed by atoms with Crippen molar-refractivity contribution in [1.82, 2.24) is 5.32 Å². The summed E-state index contributed by atoms with van der Waals surface area (Å²) in [6, 6.07) is 19.5. The maximum absolute atomic E-state index is 14.6. The first kappa shape index (κ1) is 27.1. The molecule has 1 heterocycles. The second-order valence-corrected chi connectivity index (χ2v) is 9.90. The fourth-order valence-electron chi connectivity index (χ4n) is 3.85. The zero-order valence-corrected chi connectivity index (χ0v) is 22.0. The van der Waals surface area contributed by atoms with Gasteiger partial charge in [-0.3, -0.25) is 10.1 Å². The van der Waals surface area contributed by atoms with E-state index in [0.717, 1.165) is 23.3 Å². The normalized spacial score (nSPS) is 11.5. The van der Waals surface area contributed by atoms with Gasteiger partial charge in [-0.15, -0.1) is 11.3 Å². The number of carbonyl (C=O) groups is 2. The molecule has 10 heteroatoms. The van der Waals surface area contributed by atoms with Crippen molar-refractivity contribution in [2.45, 2.75) is 12.5 Å². The summed E-state index contributed by atoms with van der Waals surface area (Å²) in [5.74, 6) is -2.97. The third-order valence-corrected chi connectivity index (χ3v) is 7.22. The van der Waals surface area contributed by atoms with Crippen molar-refractivity contribution in [2.75, 3.05) is 19.5 Å². The molecule has 0 fully saturated rings. The van der Waals surface area contributed by atoms with Gasteiger partial charge < -0.3 is 14.8 Å². The van der Waals surface area contributed by atoms with E-state index in [0.29, 0.717) is 26.9 Å². The summed E-state index contributed by atoms with van der Waals surface area (Å²) in [6.07, 6.45) is -0.220. The quantitative estimate of drug-likeness (QED) is 0.240. The molecular formula is C28H23ClF2N2O4S. The van der Waals surface area contributed by atoms with Crippen LogP contribution in [0.5, 0.6) is 5.75 Å². The van der Waals surface area contributed by atoms with Crippen LogP contribution in [0.4, 0.5) is 19.3 Å². The lowest BCUT2D eigenvalue weighted by Crippen LogP contribution is -2.31. The number of thiophene rings is 1. The highest BCUT2D eigenvalue weighted by molar-refractivity contribution is 7.16. The predicted octanol–water partition coefficient (Wildman–Crippen LogP) is 7.25. The van der Waals surface area contributed by atoms with E-state index in [1.54, 1.807) is 24.3 Å². The maximum Gasteiger partial charge on any atom is 0.411 e. The highest BCUT2D eigenvalue weighted by Crippen LogP contribution is 2.39. The number of ether oxygens (including phenoxy) is 2. The molecule has 1 atom stereocenters. The first-order valence-corrected chi connectivity index (χ1v) is 12.6. The monoisotopic (exact) mass is 556 g/mol. The minimum Gasteiger partial charge on any atom is -0.497 e. The molecule has 0 bridgehead atoms. The molecule has 4 rings (SSSR count). The van der Waals surface area contributed by atoms with Gasteiger partial charge in [0.25, 0.3) is 5.91 Å². The Hall–Kier alpha value is -3.95. The highest BCUT2D eigenvalue weighted by Gasteiger charge is 2.25. The van der Waals surface area contributed by atoms with Crippen LogP contribution in [-0.4, -0.2) is 26.2 Å². The van der Waals surface area contributed by atoms with Crippen LogP contribution >= 0.6 is 22.9 Å². The minimum atomic E-state index is -1.02. The van der Waals surface area contributed by atoms with Crippen LogP contribution in [-0.2, 0) is 11.2 Å². The molecule has 0 saturated carbocycles. The second kappa shape index (κ2) is 12.1. The van der Waals surface area contributed by atoms with E-state index in [1.807, 2.05) is 36.4 Å². The summed E-state index contributed by atoms with van der Waals surface area (Å²) in [7, 11) is 2.56. The summed E-state index contributed by atoms with van der Waals surface area (Å²) >= 11 is 7.85. The van der Waals surface area contributed by atoms with E-state index < -0.39 is 35.2 Å². The molecule has 0 aliphatic rings. The molecule has 0 spiro atoms. The van der Waals surface area contributed by atoms with Crippen molar-refractivity contribution in [1.29, 1.82) is 0 Å².